The van der Waals surface area contributed by atoms with Gasteiger partial charge in [-0.05, 0) is 48.0 Å². The lowest BCUT2D eigenvalue weighted by Gasteiger charge is -2.19. The number of amides is 2. The lowest BCUT2D eigenvalue weighted by Crippen LogP contribution is -2.44. The summed E-state index contributed by atoms with van der Waals surface area (Å²) in [6.45, 7) is 0. The summed E-state index contributed by atoms with van der Waals surface area (Å²) in [5.74, 6) is -3.46. The molecule has 0 unspecified atom stereocenters. The van der Waals surface area contributed by atoms with Crippen LogP contribution in [0.4, 0.5) is 15.8 Å². The SMILES string of the molecule is O=C(/C=C/c1cc(Cl)ccc1N1C=NNN1)N[C@@H](Cc1ccccc1)C(=O)Nc1ccc(C(=O)O)cc1F. The number of aromatic carboxylic acids is 1. The van der Waals surface area contributed by atoms with Crippen molar-refractivity contribution in [3.63, 3.8) is 0 Å². The maximum Gasteiger partial charge on any atom is 0.335 e. The van der Waals surface area contributed by atoms with Gasteiger partial charge in [-0.2, -0.15) is 5.10 Å². The fourth-order valence-corrected chi connectivity index (χ4v) is 3.79. The number of carbonyl (C=O) groups excluding carboxylic acids is 2. The molecule has 3 aromatic carbocycles. The van der Waals surface area contributed by atoms with Crippen molar-refractivity contribution in [3.8, 4) is 0 Å². The number of carboxylic acids is 1. The Balaban J connectivity index is 1.52. The van der Waals surface area contributed by atoms with E-state index in [1.54, 1.807) is 47.5 Å². The highest BCUT2D eigenvalue weighted by atomic mass is 35.5. The Labute approximate surface area is 221 Å². The maximum atomic E-state index is 14.4. The van der Waals surface area contributed by atoms with Crippen molar-refractivity contribution in [2.45, 2.75) is 12.5 Å². The molecule has 0 fully saturated rings. The number of benzene rings is 3. The van der Waals surface area contributed by atoms with E-state index in [0.29, 0.717) is 16.3 Å². The molecule has 0 spiro atoms. The zero-order chi connectivity index (χ0) is 27.1. The minimum Gasteiger partial charge on any atom is -0.478 e. The zero-order valence-electron chi connectivity index (χ0n) is 19.7. The van der Waals surface area contributed by atoms with E-state index in [1.165, 1.54) is 24.6 Å². The van der Waals surface area contributed by atoms with Crippen LogP contribution in [0, 0.1) is 5.82 Å². The Kier molecular flexibility index (Phi) is 8.31. The summed E-state index contributed by atoms with van der Waals surface area (Å²) >= 11 is 6.13. The second-order valence-electron chi connectivity index (χ2n) is 8.11. The second kappa shape index (κ2) is 12.0. The summed E-state index contributed by atoms with van der Waals surface area (Å²) in [4.78, 5) is 37.0. The van der Waals surface area contributed by atoms with Crippen molar-refractivity contribution >= 4 is 53.2 Å². The van der Waals surface area contributed by atoms with Crippen LogP contribution in [0.5, 0.6) is 0 Å². The number of hydrazine groups is 2. The van der Waals surface area contributed by atoms with Gasteiger partial charge in [0.15, 0.2) is 0 Å². The van der Waals surface area contributed by atoms with Crippen molar-refractivity contribution in [2.24, 2.45) is 5.10 Å². The Bertz CT molecular complexity index is 1420. The van der Waals surface area contributed by atoms with Crippen molar-refractivity contribution in [2.75, 3.05) is 10.3 Å². The number of rotatable bonds is 9. The van der Waals surface area contributed by atoms with E-state index in [2.05, 4.69) is 26.8 Å². The largest absolute Gasteiger partial charge is 0.478 e. The molecule has 0 bridgehead atoms. The Morgan fingerprint density at radius 2 is 1.89 bits per heavy atom. The Morgan fingerprint density at radius 1 is 1.11 bits per heavy atom. The molecule has 2 amide bonds. The van der Waals surface area contributed by atoms with Gasteiger partial charge < -0.3 is 15.7 Å². The molecule has 1 aliphatic rings. The van der Waals surface area contributed by atoms with E-state index >= 15 is 0 Å². The summed E-state index contributed by atoms with van der Waals surface area (Å²) in [6, 6.07) is 16.1. The summed E-state index contributed by atoms with van der Waals surface area (Å²) in [5, 5.41) is 20.0. The quantitative estimate of drug-likeness (QED) is 0.265. The number of hydrogen-bond acceptors (Lipinski definition) is 7. The van der Waals surface area contributed by atoms with Crippen LogP contribution in [0.25, 0.3) is 6.08 Å². The Hall–Kier alpha value is -4.74. The summed E-state index contributed by atoms with van der Waals surface area (Å²) in [5.41, 5.74) is 6.94. The van der Waals surface area contributed by atoms with E-state index < -0.39 is 29.6 Å². The van der Waals surface area contributed by atoms with E-state index in [4.69, 9.17) is 16.7 Å². The van der Waals surface area contributed by atoms with Gasteiger partial charge in [0.2, 0.25) is 11.8 Å². The molecule has 38 heavy (non-hydrogen) atoms. The topological polar surface area (TPSA) is 135 Å². The van der Waals surface area contributed by atoms with E-state index in [-0.39, 0.29) is 17.7 Å². The molecule has 0 aliphatic carbocycles. The number of carbonyl (C=O) groups is 3. The molecule has 0 radical (unpaired) electrons. The number of anilines is 2. The van der Waals surface area contributed by atoms with E-state index in [0.717, 1.165) is 17.7 Å². The van der Waals surface area contributed by atoms with Crippen molar-refractivity contribution in [1.82, 2.24) is 16.4 Å². The van der Waals surface area contributed by atoms with Gasteiger partial charge in [-0.25, -0.2) is 19.7 Å². The molecule has 4 rings (SSSR count). The van der Waals surface area contributed by atoms with Gasteiger partial charge in [0.1, 0.15) is 18.2 Å². The third-order valence-corrected chi connectivity index (χ3v) is 5.70. The average Bonchev–Trinajstić information content (AvgIpc) is 3.43. The second-order valence-corrected chi connectivity index (χ2v) is 8.55. The highest BCUT2D eigenvalue weighted by Gasteiger charge is 2.22. The van der Waals surface area contributed by atoms with Crippen LogP contribution < -0.4 is 26.7 Å². The monoisotopic (exact) mass is 536 g/mol. The highest BCUT2D eigenvalue weighted by molar-refractivity contribution is 6.30. The van der Waals surface area contributed by atoms with Crippen LogP contribution in [0.1, 0.15) is 21.5 Å². The number of nitrogens with one attached hydrogen (secondary N) is 4. The number of halogens is 2. The smallest absolute Gasteiger partial charge is 0.335 e. The third-order valence-electron chi connectivity index (χ3n) is 5.46. The van der Waals surface area contributed by atoms with Crippen LogP contribution in [0.15, 0.2) is 77.9 Å². The summed E-state index contributed by atoms with van der Waals surface area (Å²) in [6.07, 6.45) is 4.42. The molecule has 1 heterocycles. The maximum absolute atomic E-state index is 14.4. The molecule has 10 nitrogen and oxygen atoms in total. The molecular formula is C26H22ClFN6O4. The molecule has 1 atom stereocenters. The molecule has 12 heteroatoms. The number of hydrazone groups is 1. The number of carboxylic acid groups (broad SMARTS) is 1. The first-order valence-corrected chi connectivity index (χ1v) is 11.7. The fourth-order valence-electron chi connectivity index (χ4n) is 3.61. The van der Waals surface area contributed by atoms with Crippen LogP contribution in [0.3, 0.4) is 0 Å². The van der Waals surface area contributed by atoms with Gasteiger partial charge in [-0.15, -0.1) is 5.53 Å². The van der Waals surface area contributed by atoms with Gasteiger partial charge in [-0.1, -0.05) is 41.9 Å². The lowest BCUT2D eigenvalue weighted by atomic mass is 10.0. The highest BCUT2D eigenvalue weighted by Crippen LogP contribution is 2.24. The lowest BCUT2D eigenvalue weighted by molar-refractivity contribution is -0.123. The van der Waals surface area contributed by atoms with Crippen LogP contribution >= 0.6 is 11.6 Å². The van der Waals surface area contributed by atoms with Gasteiger partial charge in [0.25, 0.3) is 0 Å². The van der Waals surface area contributed by atoms with Crippen molar-refractivity contribution < 1.29 is 23.9 Å². The molecule has 5 N–H and O–H groups in total. The summed E-state index contributed by atoms with van der Waals surface area (Å²) in [7, 11) is 0. The predicted octanol–water partition coefficient (Wildman–Crippen LogP) is 3.33. The first kappa shape index (κ1) is 26.3. The average molecular weight is 537 g/mol. The predicted molar refractivity (Wildman–Crippen MR) is 142 cm³/mol. The fraction of sp³-hybridized carbons (Fsp3) is 0.0769. The number of hydrogen-bond donors (Lipinski definition) is 5. The Morgan fingerprint density at radius 3 is 2.58 bits per heavy atom. The standard InChI is InChI=1S/C26H22ClFN6O4/c27-19-8-10-23(34-15-29-32-33-34)17(13-19)7-11-24(35)30-22(12-16-4-2-1-3-5-16)25(36)31-21-9-6-18(26(37)38)14-20(21)28/h1-11,13-15,22,32-33H,12H2,(H,30,35)(H,31,36)(H,37,38)/b11-7+/t22-/m0/s1. The van der Waals surface area contributed by atoms with E-state index in [1.807, 2.05) is 6.07 Å². The van der Waals surface area contributed by atoms with Crippen LogP contribution in [-0.2, 0) is 16.0 Å². The van der Waals surface area contributed by atoms with Gasteiger partial charge >= 0.3 is 5.97 Å². The van der Waals surface area contributed by atoms with Crippen molar-refractivity contribution in [3.05, 3.63) is 100 Å². The third kappa shape index (κ3) is 6.72. The molecule has 3 aromatic rings. The molecule has 1 aliphatic heterocycles. The summed E-state index contributed by atoms with van der Waals surface area (Å²) < 4.78 is 14.4. The minimum absolute atomic E-state index is 0.128. The zero-order valence-corrected chi connectivity index (χ0v) is 20.4. The van der Waals surface area contributed by atoms with Gasteiger partial charge in [-0.3, -0.25) is 9.59 Å². The van der Waals surface area contributed by atoms with Crippen LogP contribution in [0.2, 0.25) is 5.02 Å². The molecule has 0 saturated carbocycles. The van der Waals surface area contributed by atoms with E-state index in [9.17, 15) is 18.8 Å². The molecule has 0 saturated heterocycles. The normalized spacial score (nSPS) is 13.3. The van der Waals surface area contributed by atoms with Crippen molar-refractivity contribution in [1.29, 1.82) is 0 Å². The number of nitrogens with zero attached hydrogens (tertiary/aromatic N) is 2. The first-order chi connectivity index (χ1) is 18.3. The first-order valence-electron chi connectivity index (χ1n) is 11.3. The molecular weight excluding hydrogens is 515 g/mol. The molecule has 194 valence electrons. The van der Waals surface area contributed by atoms with Gasteiger partial charge in [0, 0.05) is 23.1 Å². The molecule has 0 aromatic heterocycles. The van der Waals surface area contributed by atoms with Gasteiger partial charge in [0.05, 0.1) is 16.9 Å². The minimum atomic E-state index is -1.30. The van der Waals surface area contributed by atoms with Crippen LogP contribution in [-0.4, -0.2) is 35.3 Å².